The number of rotatable bonds is 9. The van der Waals surface area contributed by atoms with E-state index in [1.54, 1.807) is 0 Å². The zero-order chi connectivity index (χ0) is 31.2. The molecule has 0 aliphatic carbocycles. The topological polar surface area (TPSA) is 9.72 Å². The van der Waals surface area contributed by atoms with Gasteiger partial charge in [-0.2, -0.15) is 0 Å². The van der Waals surface area contributed by atoms with Gasteiger partial charge < -0.3 is 14.7 Å². The number of benzene rings is 6. The van der Waals surface area contributed by atoms with Crippen molar-refractivity contribution in [1.29, 1.82) is 0 Å². The first kappa shape index (κ1) is 29.5. The molecule has 0 N–H and O–H groups in total. The molecule has 0 saturated heterocycles. The van der Waals surface area contributed by atoms with Crippen molar-refractivity contribution in [3.05, 3.63) is 174 Å². The highest BCUT2D eigenvalue weighted by Gasteiger charge is 2.13. The summed E-state index contributed by atoms with van der Waals surface area (Å²) >= 11 is 0. The van der Waals surface area contributed by atoms with Gasteiger partial charge in [0.2, 0.25) is 0 Å². The van der Waals surface area contributed by atoms with Crippen LogP contribution in [0.5, 0.6) is 0 Å². The average Bonchev–Trinajstić information content (AvgIpc) is 3.08. The van der Waals surface area contributed by atoms with Gasteiger partial charge in [-0.15, -0.1) is 0 Å². The summed E-state index contributed by atoms with van der Waals surface area (Å²) in [5.74, 6) is 0. The number of hydrogen-bond donors (Lipinski definition) is 0. The third kappa shape index (κ3) is 6.68. The Morgan fingerprint density at radius 3 is 1.53 bits per heavy atom. The van der Waals surface area contributed by atoms with Crippen LogP contribution in [-0.2, 0) is 0 Å². The Labute approximate surface area is 267 Å². The van der Waals surface area contributed by atoms with Crippen molar-refractivity contribution in [2.24, 2.45) is 0 Å². The summed E-state index contributed by atoms with van der Waals surface area (Å²) in [6, 6.07) is 52.0. The molecule has 0 aliphatic heterocycles. The Morgan fingerprint density at radius 2 is 0.956 bits per heavy atom. The molecule has 222 valence electrons. The van der Waals surface area contributed by atoms with Crippen LogP contribution in [0.1, 0.15) is 16.7 Å². The fraction of sp³-hybridized carbons (Fsp3) is 0.0952. The van der Waals surface area contributed by atoms with Gasteiger partial charge in [-0.25, -0.2) is 0 Å². The lowest BCUT2D eigenvalue weighted by Crippen LogP contribution is -2.12. The summed E-state index contributed by atoms with van der Waals surface area (Å²) in [5, 5.41) is 2.50. The monoisotopic (exact) mass is 585 g/mol. The lowest BCUT2D eigenvalue weighted by molar-refractivity contribution is 1.13. The molecule has 0 fully saturated rings. The van der Waals surface area contributed by atoms with Crippen LogP contribution in [0.15, 0.2) is 158 Å². The highest BCUT2D eigenvalue weighted by molar-refractivity contribution is 5.98. The molecule has 0 heterocycles. The van der Waals surface area contributed by atoms with Crippen LogP contribution >= 0.6 is 0 Å². The number of hydrogen-bond acceptors (Lipinski definition) is 3. The highest BCUT2D eigenvalue weighted by Crippen LogP contribution is 2.36. The molecule has 0 aliphatic rings. The number of anilines is 5. The molecule has 0 amide bonds. The normalized spacial score (nSPS) is 11.6. The van der Waals surface area contributed by atoms with Crippen LogP contribution in [0.2, 0.25) is 0 Å². The molecule has 0 bridgehead atoms. The van der Waals surface area contributed by atoms with Gasteiger partial charge >= 0.3 is 0 Å². The molecule has 0 saturated carbocycles. The smallest absolute Gasteiger partial charge is 0.0463 e. The third-order valence-corrected chi connectivity index (χ3v) is 8.12. The Kier molecular flexibility index (Phi) is 8.79. The zero-order valence-corrected chi connectivity index (χ0v) is 26.4. The summed E-state index contributed by atoms with van der Waals surface area (Å²) in [6.07, 6.45) is 6.58. The van der Waals surface area contributed by atoms with Gasteiger partial charge in [-0.1, -0.05) is 103 Å². The molecule has 6 aromatic rings. The van der Waals surface area contributed by atoms with Crippen LogP contribution in [0, 0.1) is 0 Å². The molecule has 0 spiro atoms. The van der Waals surface area contributed by atoms with Crippen molar-refractivity contribution in [3.63, 3.8) is 0 Å². The van der Waals surface area contributed by atoms with Gasteiger partial charge in [0.1, 0.15) is 0 Å². The van der Waals surface area contributed by atoms with Gasteiger partial charge in [-0.3, -0.25) is 0 Å². The number of allylic oxidation sites excluding steroid dienone is 2. The Balaban J connectivity index is 1.33. The molecule has 0 atom stereocenters. The fourth-order valence-electron chi connectivity index (χ4n) is 5.66. The first-order valence-electron chi connectivity index (χ1n) is 15.3. The number of nitrogens with zero attached hydrogens (tertiary/aromatic N) is 3. The molecule has 6 rings (SSSR count). The van der Waals surface area contributed by atoms with E-state index in [9.17, 15) is 0 Å². The summed E-state index contributed by atoms with van der Waals surface area (Å²) in [5.41, 5.74) is 10.5. The van der Waals surface area contributed by atoms with E-state index in [-0.39, 0.29) is 0 Å². The predicted molar refractivity (Wildman–Crippen MR) is 196 cm³/mol. The minimum Gasteiger partial charge on any atom is -0.378 e. The molecule has 45 heavy (non-hydrogen) atoms. The van der Waals surface area contributed by atoms with Gasteiger partial charge in [-0.05, 0) is 93.7 Å². The SMILES string of the molecule is CN(C)c1ccc(N(c2ccc(/C=C/C=C(\c3ccccc3)c3cccc4ccccc34)cc2)c2ccc(N(C)C)cc2)cc1. The van der Waals surface area contributed by atoms with Gasteiger partial charge in [0.25, 0.3) is 0 Å². The van der Waals surface area contributed by atoms with Crippen LogP contribution < -0.4 is 14.7 Å². The van der Waals surface area contributed by atoms with Crippen molar-refractivity contribution in [2.75, 3.05) is 42.9 Å². The maximum atomic E-state index is 2.31. The van der Waals surface area contributed by atoms with Gasteiger partial charge in [0.15, 0.2) is 0 Å². The molecule has 0 aromatic heterocycles. The largest absolute Gasteiger partial charge is 0.378 e. The van der Waals surface area contributed by atoms with Crippen molar-refractivity contribution in [1.82, 2.24) is 0 Å². The molecule has 6 aromatic carbocycles. The molecule has 0 unspecified atom stereocenters. The van der Waals surface area contributed by atoms with E-state index in [0.717, 1.165) is 22.6 Å². The summed E-state index contributed by atoms with van der Waals surface area (Å²) in [4.78, 5) is 6.55. The van der Waals surface area contributed by atoms with Gasteiger partial charge in [0.05, 0.1) is 0 Å². The van der Waals surface area contributed by atoms with E-state index in [4.69, 9.17) is 0 Å². The Morgan fingerprint density at radius 1 is 0.467 bits per heavy atom. The maximum Gasteiger partial charge on any atom is 0.0463 e. The van der Waals surface area contributed by atoms with E-state index in [1.165, 1.54) is 38.8 Å². The Hall–Kier alpha value is -5.54. The minimum absolute atomic E-state index is 1.11. The van der Waals surface area contributed by atoms with E-state index in [2.05, 4.69) is 207 Å². The first-order valence-corrected chi connectivity index (χ1v) is 15.3. The van der Waals surface area contributed by atoms with Crippen molar-refractivity contribution >= 4 is 50.9 Å². The third-order valence-electron chi connectivity index (χ3n) is 8.12. The average molecular weight is 586 g/mol. The van der Waals surface area contributed by atoms with Crippen LogP contribution in [0.4, 0.5) is 28.4 Å². The number of fused-ring (bicyclic) bond motifs is 1. The quantitative estimate of drug-likeness (QED) is 0.156. The van der Waals surface area contributed by atoms with Crippen molar-refractivity contribution in [3.8, 4) is 0 Å². The molecule has 3 nitrogen and oxygen atoms in total. The highest BCUT2D eigenvalue weighted by atomic mass is 15.1. The van der Waals surface area contributed by atoms with E-state index < -0.39 is 0 Å². The summed E-state index contributed by atoms with van der Waals surface area (Å²) in [7, 11) is 8.27. The van der Waals surface area contributed by atoms with Gasteiger partial charge in [0, 0.05) is 56.6 Å². The van der Waals surface area contributed by atoms with E-state index >= 15 is 0 Å². The second kappa shape index (κ2) is 13.4. The molecule has 0 radical (unpaired) electrons. The van der Waals surface area contributed by atoms with Crippen LogP contribution in [0.25, 0.3) is 22.4 Å². The van der Waals surface area contributed by atoms with Crippen LogP contribution in [-0.4, -0.2) is 28.2 Å². The Bertz CT molecular complexity index is 1860. The van der Waals surface area contributed by atoms with Crippen LogP contribution in [0.3, 0.4) is 0 Å². The zero-order valence-electron chi connectivity index (χ0n) is 26.4. The lowest BCUT2D eigenvalue weighted by atomic mass is 9.93. The molecular weight excluding hydrogens is 546 g/mol. The first-order chi connectivity index (χ1) is 22.0. The molecule has 3 heteroatoms. The summed E-state index contributed by atoms with van der Waals surface area (Å²) in [6.45, 7) is 0. The maximum absolute atomic E-state index is 2.31. The molecular formula is C42H39N3. The minimum atomic E-state index is 1.11. The van der Waals surface area contributed by atoms with E-state index in [0.29, 0.717) is 0 Å². The van der Waals surface area contributed by atoms with Crippen molar-refractivity contribution in [2.45, 2.75) is 0 Å². The summed E-state index contributed by atoms with van der Waals surface area (Å²) < 4.78 is 0. The lowest BCUT2D eigenvalue weighted by Gasteiger charge is -2.27. The van der Waals surface area contributed by atoms with E-state index in [1.807, 2.05) is 0 Å². The fourth-order valence-corrected chi connectivity index (χ4v) is 5.66. The predicted octanol–water partition coefficient (Wildman–Crippen LogP) is 10.6. The van der Waals surface area contributed by atoms with Crippen molar-refractivity contribution < 1.29 is 0 Å². The second-order valence-corrected chi connectivity index (χ2v) is 11.6. The second-order valence-electron chi connectivity index (χ2n) is 11.6. The standard InChI is InChI=1S/C42H39N3/c1-43(2)35-24-28-38(29-25-35)45(39-30-26-36(27-31-39)44(3)4)37-22-20-32(21-23-37)12-10-18-41(33-13-6-5-7-14-33)42-19-11-16-34-15-8-9-17-40(34)42/h5-31H,1-4H3/b12-10+,41-18+.